The van der Waals surface area contributed by atoms with Crippen molar-refractivity contribution in [1.29, 1.82) is 0 Å². The molecule has 0 atom stereocenters. The maximum absolute atomic E-state index is 14.7. The van der Waals surface area contributed by atoms with Crippen molar-refractivity contribution in [2.45, 2.75) is 13.5 Å². The molecular formula is C22H17ClFN3O. The van der Waals surface area contributed by atoms with Crippen LogP contribution in [0.15, 0.2) is 67.0 Å². The molecule has 0 amide bonds. The van der Waals surface area contributed by atoms with E-state index < -0.39 is 5.82 Å². The zero-order chi connectivity index (χ0) is 19.7. The van der Waals surface area contributed by atoms with Gasteiger partial charge >= 0.3 is 0 Å². The molecule has 0 radical (unpaired) electrons. The number of hydrogen-bond donors (Lipinski definition) is 1. The average molecular weight is 394 g/mol. The van der Waals surface area contributed by atoms with Crippen LogP contribution in [0.3, 0.4) is 0 Å². The summed E-state index contributed by atoms with van der Waals surface area (Å²) in [6, 6.07) is 15.8. The van der Waals surface area contributed by atoms with Crippen LogP contribution in [0.4, 0.5) is 4.39 Å². The molecule has 28 heavy (non-hydrogen) atoms. The first-order valence-electron chi connectivity index (χ1n) is 8.74. The molecule has 0 aliphatic rings. The summed E-state index contributed by atoms with van der Waals surface area (Å²) in [6.45, 7) is 1.60. The SMILES string of the molecule is Cc1c(-c2ccc(Cl)cc2)c(-c2ccncc2)nn1-c1c(F)cccc1CO. The maximum atomic E-state index is 14.7. The van der Waals surface area contributed by atoms with Crippen molar-refractivity contribution >= 4 is 11.6 Å². The van der Waals surface area contributed by atoms with E-state index in [9.17, 15) is 9.50 Å². The molecule has 2 aromatic carbocycles. The molecule has 6 heteroatoms. The Morgan fingerprint density at radius 1 is 1.00 bits per heavy atom. The molecule has 0 saturated carbocycles. The van der Waals surface area contributed by atoms with Gasteiger partial charge in [-0.05, 0) is 42.8 Å². The maximum Gasteiger partial charge on any atom is 0.149 e. The number of halogens is 2. The van der Waals surface area contributed by atoms with Gasteiger partial charge in [0.1, 0.15) is 17.2 Å². The summed E-state index contributed by atoms with van der Waals surface area (Å²) in [4.78, 5) is 4.07. The van der Waals surface area contributed by atoms with Gasteiger partial charge < -0.3 is 5.11 Å². The number of nitrogens with zero attached hydrogens (tertiary/aromatic N) is 3. The zero-order valence-electron chi connectivity index (χ0n) is 15.1. The third kappa shape index (κ3) is 3.19. The number of para-hydroxylation sites is 1. The van der Waals surface area contributed by atoms with E-state index in [0.717, 1.165) is 22.4 Å². The second-order valence-corrected chi connectivity index (χ2v) is 6.81. The van der Waals surface area contributed by atoms with E-state index in [0.29, 0.717) is 16.3 Å². The van der Waals surface area contributed by atoms with Crippen LogP contribution in [0.1, 0.15) is 11.3 Å². The van der Waals surface area contributed by atoms with E-state index in [1.807, 2.05) is 43.3 Å². The Labute approximate surface area is 166 Å². The van der Waals surface area contributed by atoms with Gasteiger partial charge in [0.15, 0.2) is 0 Å². The molecule has 0 unspecified atom stereocenters. The minimum atomic E-state index is -0.443. The smallest absolute Gasteiger partial charge is 0.149 e. The summed E-state index contributed by atoms with van der Waals surface area (Å²) in [7, 11) is 0. The Bertz CT molecular complexity index is 1120. The molecule has 4 rings (SSSR count). The molecule has 4 nitrogen and oxygen atoms in total. The molecule has 1 N–H and O–H groups in total. The van der Waals surface area contributed by atoms with Gasteiger partial charge in [0.05, 0.1) is 6.61 Å². The normalized spacial score (nSPS) is 11.0. The lowest BCUT2D eigenvalue weighted by atomic mass is 10.00. The topological polar surface area (TPSA) is 50.9 Å². The van der Waals surface area contributed by atoms with Gasteiger partial charge in [0.25, 0.3) is 0 Å². The zero-order valence-corrected chi connectivity index (χ0v) is 15.9. The van der Waals surface area contributed by atoms with E-state index in [1.165, 1.54) is 6.07 Å². The van der Waals surface area contributed by atoms with Crippen LogP contribution in [-0.2, 0) is 6.61 Å². The van der Waals surface area contributed by atoms with E-state index in [-0.39, 0.29) is 12.3 Å². The van der Waals surface area contributed by atoms with Crippen molar-refractivity contribution in [3.8, 4) is 28.1 Å². The molecule has 0 aliphatic heterocycles. The number of aromatic nitrogens is 3. The van der Waals surface area contributed by atoms with Gasteiger partial charge in [0.2, 0.25) is 0 Å². The molecule has 0 saturated heterocycles. The Morgan fingerprint density at radius 3 is 2.39 bits per heavy atom. The molecule has 0 bridgehead atoms. The first-order chi connectivity index (χ1) is 13.6. The number of rotatable bonds is 4. The molecule has 4 aromatic rings. The third-order valence-corrected chi connectivity index (χ3v) is 4.91. The standard InChI is InChI=1S/C22H17ClFN3O/c1-14-20(15-5-7-18(23)8-6-15)21(16-9-11-25-12-10-16)26-27(14)22-17(13-28)3-2-4-19(22)24/h2-12,28H,13H2,1H3. The van der Waals surface area contributed by atoms with Crippen LogP contribution in [0.5, 0.6) is 0 Å². The predicted molar refractivity (Wildman–Crippen MR) is 108 cm³/mol. The number of pyridine rings is 1. The van der Waals surface area contributed by atoms with Crippen LogP contribution in [-0.4, -0.2) is 19.9 Å². The molecule has 0 fully saturated rings. The third-order valence-electron chi connectivity index (χ3n) is 4.66. The first kappa shape index (κ1) is 18.3. The van der Waals surface area contributed by atoms with Gasteiger partial charge in [-0.25, -0.2) is 9.07 Å². The van der Waals surface area contributed by atoms with Crippen LogP contribution in [0.2, 0.25) is 5.02 Å². The molecule has 140 valence electrons. The summed E-state index contributed by atoms with van der Waals surface area (Å²) >= 11 is 6.05. The first-order valence-corrected chi connectivity index (χ1v) is 9.12. The number of hydrogen-bond acceptors (Lipinski definition) is 3. The minimum Gasteiger partial charge on any atom is -0.392 e. The van der Waals surface area contributed by atoms with Crippen LogP contribution < -0.4 is 0 Å². The van der Waals surface area contributed by atoms with E-state index in [4.69, 9.17) is 16.7 Å². The van der Waals surface area contributed by atoms with Crippen LogP contribution in [0, 0.1) is 12.7 Å². The lowest BCUT2D eigenvalue weighted by Gasteiger charge is -2.11. The Morgan fingerprint density at radius 2 is 1.71 bits per heavy atom. The van der Waals surface area contributed by atoms with Crippen LogP contribution >= 0.6 is 11.6 Å². The summed E-state index contributed by atoms with van der Waals surface area (Å²) in [5, 5.41) is 15.1. The largest absolute Gasteiger partial charge is 0.392 e. The van der Waals surface area contributed by atoms with Crippen molar-refractivity contribution in [3.63, 3.8) is 0 Å². The van der Waals surface area contributed by atoms with Gasteiger partial charge in [-0.15, -0.1) is 0 Å². The second-order valence-electron chi connectivity index (χ2n) is 6.37. The van der Waals surface area contributed by atoms with Crippen molar-refractivity contribution < 1.29 is 9.50 Å². The highest BCUT2D eigenvalue weighted by Crippen LogP contribution is 2.36. The summed E-state index contributed by atoms with van der Waals surface area (Å²) < 4.78 is 16.3. The Kier molecular flexibility index (Phi) is 4.94. The number of aliphatic hydroxyl groups excluding tert-OH is 1. The Balaban J connectivity index is 2.02. The lowest BCUT2D eigenvalue weighted by Crippen LogP contribution is -2.06. The molecule has 2 heterocycles. The lowest BCUT2D eigenvalue weighted by molar-refractivity contribution is 0.280. The quantitative estimate of drug-likeness (QED) is 0.518. The average Bonchev–Trinajstić information content (AvgIpc) is 3.06. The highest BCUT2D eigenvalue weighted by atomic mass is 35.5. The van der Waals surface area contributed by atoms with Gasteiger partial charge in [-0.2, -0.15) is 5.10 Å². The fourth-order valence-corrected chi connectivity index (χ4v) is 3.44. The van der Waals surface area contributed by atoms with E-state index >= 15 is 0 Å². The Hall–Kier alpha value is -3.02. The summed E-state index contributed by atoms with van der Waals surface area (Å²) in [5.41, 5.74) is 4.83. The van der Waals surface area contributed by atoms with Gasteiger partial charge in [-0.3, -0.25) is 4.98 Å². The number of aliphatic hydroxyl groups is 1. The number of benzene rings is 2. The molecular weight excluding hydrogens is 377 g/mol. The predicted octanol–water partition coefficient (Wildman–Crippen LogP) is 5.19. The van der Waals surface area contributed by atoms with Crippen molar-refractivity contribution in [3.05, 3.63) is 89.1 Å². The minimum absolute atomic E-state index is 0.248. The molecule has 0 aliphatic carbocycles. The van der Waals surface area contributed by atoms with Crippen molar-refractivity contribution in [1.82, 2.24) is 14.8 Å². The van der Waals surface area contributed by atoms with Crippen molar-refractivity contribution in [2.24, 2.45) is 0 Å². The fourth-order valence-electron chi connectivity index (χ4n) is 3.32. The van der Waals surface area contributed by atoms with E-state index in [2.05, 4.69) is 4.98 Å². The second kappa shape index (κ2) is 7.54. The summed E-state index contributed by atoms with van der Waals surface area (Å²) in [6.07, 6.45) is 3.38. The van der Waals surface area contributed by atoms with E-state index in [1.54, 1.807) is 29.2 Å². The highest BCUT2D eigenvalue weighted by Gasteiger charge is 2.22. The highest BCUT2D eigenvalue weighted by molar-refractivity contribution is 6.30. The fraction of sp³-hybridized carbons (Fsp3) is 0.0909. The van der Waals surface area contributed by atoms with Gasteiger partial charge in [-0.1, -0.05) is 35.9 Å². The summed E-state index contributed by atoms with van der Waals surface area (Å²) in [5.74, 6) is -0.443. The molecule has 2 aromatic heterocycles. The monoisotopic (exact) mass is 393 g/mol. The van der Waals surface area contributed by atoms with Crippen LogP contribution in [0.25, 0.3) is 28.1 Å². The van der Waals surface area contributed by atoms with Crippen molar-refractivity contribution in [2.75, 3.05) is 0 Å². The molecule has 0 spiro atoms. The van der Waals surface area contributed by atoms with Gasteiger partial charge in [0, 0.05) is 39.8 Å².